The summed E-state index contributed by atoms with van der Waals surface area (Å²) in [4.78, 5) is 11.8. The second-order valence-electron chi connectivity index (χ2n) is 3.72. The molecule has 0 aliphatic rings. The van der Waals surface area contributed by atoms with Gasteiger partial charge in [0.2, 0.25) is 0 Å². The van der Waals surface area contributed by atoms with E-state index < -0.39 is 11.9 Å². The lowest BCUT2D eigenvalue weighted by atomic mass is 10.1. The van der Waals surface area contributed by atoms with Gasteiger partial charge in [-0.3, -0.25) is 4.79 Å². The zero-order chi connectivity index (χ0) is 13.0. The lowest BCUT2D eigenvalue weighted by Gasteiger charge is -2.15. The van der Waals surface area contributed by atoms with Crippen LogP contribution in [-0.4, -0.2) is 17.6 Å². The highest BCUT2D eigenvalue weighted by Crippen LogP contribution is 2.16. The first kappa shape index (κ1) is 12.7. The number of carbonyl (C=O) groups is 1. The molecule has 18 heavy (non-hydrogen) atoms. The van der Waals surface area contributed by atoms with E-state index in [9.17, 15) is 9.90 Å². The van der Waals surface area contributed by atoms with Crippen LogP contribution in [0.4, 0.5) is 0 Å². The number of nitrogens with one attached hydrogen (secondary N) is 1. The Kier molecular flexibility index (Phi) is 4.02. The highest BCUT2D eigenvalue weighted by atomic mass is 35.5. The van der Waals surface area contributed by atoms with Crippen LogP contribution >= 0.6 is 11.6 Å². The Hall–Kier alpha value is -1.78. The van der Waals surface area contributed by atoms with E-state index >= 15 is 0 Å². The standard InChI is InChI=1S/C13H12ClNO3/c14-12-7-6-11(18-12)13(17)15-10(8-16)9-4-2-1-3-5-9/h1-7,10,16H,8H2,(H,15,17)/t10-/m0/s1. The van der Waals surface area contributed by atoms with Gasteiger partial charge in [0.05, 0.1) is 12.6 Å². The minimum Gasteiger partial charge on any atom is -0.440 e. The number of aliphatic hydroxyl groups is 1. The quantitative estimate of drug-likeness (QED) is 0.892. The highest BCUT2D eigenvalue weighted by molar-refractivity contribution is 6.29. The van der Waals surface area contributed by atoms with Gasteiger partial charge in [0.1, 0.15) is 0 Å². The van der Waals surface area contributed by atoms with Crippen molar-refractivity contribution in [2.24, 2.45) is 0 Å². The van der Waals surface area contributed by atoms with Crippen LogP contribution in [0, 0.1) is 0 Å². The molecule has 2 N–H and O–H groups in total. The predicted octanol–water partition coefficient (Wildman–Crippen LogP) is 2.40. The minimum absolute atomic E-state index is 0.120. The molecule has 1 heterocycles. The average Bonchev–Trinajstić information content (AvgIpc) is 2.83. The average molecular weight is 266 g/mol. The van der Waals surface area contributed by atoms with E-state index in [0.29, 0.717) is 0 Å². The first-order valence-corrected chi connectivity index (χ1v) is 5.80. The van der Waals surface area contributed by atoms with Crippen molar-refractivity contribution < 1.29 is 14.3 Å². The number of hydrogen-bond acceptors (Lipinski definition) is 3. The number of benzene rings is 1. The maximum atomic E-state index is 11.8. The third kappa shape index (κ3) is 2.91. The van der Waals surface area contributed by atoms with E-state index in [1.165, 1.54) is 12.1 Å². The van der Waals surface area contributed by atoms with Crippen molar-refractivity contribution in [3.8, 4) is 0 Å². The highest BCUT2D eigenvalue weighted by Gasteiger charge is 2.17. The second kappa shape index (κ2) is 5.71. The van der Waals surface area contributed by atoms with E-state index in [1.54, 1.807) is 0 Å². The van der Waals surface area contributed by atoms with Gasteiger partial charge in [0.15, 0.2) is 11.0 Å². The van der Waals surface area contributed by atoms with Crippen LogP contribution in [0.5, 0.6) is 0 Å². The molecule has 2 aromatic rings. The van der Waals surface area contributed by atoms with Crippen molar-refractivity contribution in [3.63, 3.8) is 0 Å². The summed E-state index contributed by atoms with van der Waals surface area (Å²) >= 11 is 5.60. The molecule has 0 aliphatic carbocycles. The monoisotopic (exact) mass is 265 g/mol. The Morgan fingerprint density at radius 1 is 1.28 bits per heavy atom. The summed E-state index contributed by atoms with van der Waals surface area (Å²) in [6.07, 6.45) is 0. The lowest BCUT2D eigenvalue weighted by molar-refractivity contribution is 0.0888. The van der Waals surface area contributed by atoms with Gasteiger partial charge in [-0.1, -0.05) is 30.3 Å². The van der Waals surface area contributed by atoms with Gasteiger partial charge >= 0.3 is 0 Å². The van der Waals surface area contributed by atoms with E-state index in [-0.39, 0.29) is 17.6 Å². The number of amides is 1. The van der Waals surface area contributed by atoms with Crippen LogP contribution in [0.15, 0.2) is 46.9 Å². The molecule has 94 valence electrons. The number of aliphatic hydroxyl groups excluding tert-OH is 1. The molecule has 0 unspecified atom stereocenters. The van der Waals surface area contributed by atoms with Gasteiger partial charge in [0, 0.05) is 0 Å². The zero-order valence-corrected chi connectivity index (χ0v) is 10.2. The maximum absolute atomic E-state index is 11.8. The molecule has 1 aromatic heterocycles. The summed E-state index contributed by atoms with van der Waals surface area (Å²) in [6, 6.07) is 11.7. The molecule has 2 rings (SSSR count). The third-order valence-electron chi connectivity index (χ3n) is 2.49. The maximum Gasteiger partial charge on any atom is 0.287 e. The van der Waals surface area contributed by atoms with E-state index in [1.807, 2.05) is 30.3 Å². The Labute approximate surface area is 109 Å². The van der Waals surface area contributed by atoms with Crippen LogP contribution in [0.25, 0.3) is 0 Å². The van der Waals surface area contributed by atoms with Crippen LogP contribution in [0.2, 0.25) is 5.22 Å². The molecule has 4 nitrogen and oxygen atoms in total. The van der Waals surface area contributed by atoms with Crippen LogP contribution in [0.1, 0.15) is 22.2 Å². The zero-order valence-electron chi connectivity index (χ0n) is 9.47. The molecular weight excluding hydrogens is 254 g/mol. The van der Waals surface area contributed by atoms with Crippen LogP contribution in [0.3, 0.4) is 0 Å². The van der Waals surface area contributed by atoms with Gasteiger partial charge in [0.25, 0.3) is 5.91 Å². The Morgan fingerprint density at radius 3 is 2.56 bits per heavy atom. The summed E-state index contributed by atoms with van der Waals surface area (Å²) in [5, 5.41) is 12.1. The normalized spacial score (nSPS) is 12.1. The molecule has 0 fully saturated rings. The van der Waals surface area contributed by atoms with E-state index in [4.69, 9.17) is 16.0 Å². The van der Waals surface area contributed by atoms with Crippen molar-refractivity contribution in [2.45, 2.75) is 6.04 Å². The number of furan rings is 1. The molecular formula is C13H12ClNO3. The Bertz CT molecular complexity index is 524. The van der Waals surface area contributed by atoms with Crippen molar-refractivity contribution >= 4 is 17.5 Å². The topological polar surface area (TPSA) is 62.5 Å². The van der Waals surface area contributed by atoms with Gasteiger partial charge in [-0.25, -0.2) is 0 Å². The van der Waals surface area contributed by atoms with Crippen molar-refractivity contribution in [1.29, 1.82) is 0 Å². The molecule has 0 bridgehead atoms. The van der Waals surface area contributed by atoms with Crippen LogP contribution in [-0.2, 0) is 0 Å². The van der Waals surface area contributed by atoms with Crippen molar-refractivity contribution in [2.75, 3.05) is 6.61 Å². The fraction of sp³-hybridized carbons (Fsp3) is 0.154. The van der Waals surface area contributed by atoms with Crippen molar-refractivity contribution in [3.05, 3.63) is 59.0 Å². The number of hydrogen-bond donors (Lipinski definition) is 2. The molecule has 1 amide bonds. The number of rotatable bonds is 4. The summed E-state index contributed by atoms with van der Waals surface area (Å²) in [5.41, 5.74) is 0.825. The summed E-state index contributed by atoms with van der Waals surface area (Å²) in [7, 11) is 0. The molecule has 0 radical (unpaired) electrons. The first-order valence-electron chi connectivity index (χ1n) is 5.42. The minimum atomic E-state index is -0.470. The third-order valence-corrected chi connectivity index (χ3v) is 2.69. The lowest BCUT2D eigenvalue weighted by Crippen LogP contribution is -2.30. The molecule has 0 saturated heterocycles. The van der Waals surface area contributed by atoms with Gasteiger partial charge in [-0.2, -0.15) is 0 Å². The summed E-state index contributed by atoms with van der Waals surface area (Å²) in [5.74, 6) is -0.292. The Morgan fingerprint density at radius 2 is 2.00 bits per heavy atom. The Balaban J connectivity index is 2.10. The molecule has 0 spiro atoms. The van der Waals surface area contributed by atoms with Gasteiger partial charge in [-0.15, -0.1) is 0 Å². The molecule has 0 saturated carbocycles. The van der Waals surface area contributed by atoms with Crippen molar-refractivity contribution in [1.82, 2.24) is 5.32 Å². The number of carbonyl (C=O) groups excluding carboxylic acids is 1. The fourth-order valence-corrected chi connectivity index (χ4v) is 1.73. The molecule has 0 aliphatic heterocycles. The SMILES string of the molecule is O=C(N[C@@H](CO)c1ccccc1)c1ccc(Cl)o1. The smallest absolute Gasteiger partial charge is 0.287 e. The fourth-order valence-electron chi connectivity index (χ4n) is 1.59. The first-order chi connectivity index (χ1) is 8.70. The van der Waals surface area contributed by atoms with Crippen LogP contribution < -0.4 is 5.32 Å². The summed E-state index contributed by atoms with van der Waals surface area (Å²) < 4.78 is 5.00. The molecule has 1 aromatic carbocycles. The molecule has 1 atom stereocenters. The number of halogens is 1. The predicted molar refractivity (Wildman–Crippen MR) is 67.5 cm³/mol. The second-order valence-corrected chi connectivity index (χ2v) is 4.10. The summed E-state index contributed by atoms with van der Waals surface area (Å²) in [6.45, 7) is -0.190. The molecule has 5 heteroatoms. The van der Waals surface area contributed by atoms with E-state index in [0.717, 1.165) is 5.56 Å². The van der Waals surface area contributed by atoms with E-state index in [2.05, 4.69) is 5.32 Å². The van der Waals surface area contributed by atoms with Gasteiger partial charge < -0.3 is 14.8 Å². The largest absolute Gasteiger partial charge is 0.440 e. The van der Waals surface area contributed by atoms with Gasteiger partial charge in [-0.05, 0) is 29.3 Å².